The van der Waals surface area contributed by atoms with Crippen LogP contribution in [0.4, 0.5) is 25.8 Å². The lowest BCUT2D eigenvalue weighted by molar-refractivity contribution is -0.143. The summed E-state index contributed by atoms with van der Waals surface area (Å²) in [5, 5.41) is 12.0. The van der Waals surface area contributed by atoms with Gasteiger partial charge in [0.15, 0.2) is 0 Å². The number of carbonyl (C=O) groups is 2. The van der Waals surface area contributed by atoms with Gasteiger partial charge < -0.3 is 26.0 Å². The number of nitrogens with one attached hydrogen (secondary N) is 1. The molecule has 7 nitrogen and oxygen atoms in total. The number of halogens is 2. The van der Waals surface area contributed by atoms with Gasteiger partial charge in [-0.3, -0.25) is 9.59 Å². The largest absolute Gasteiger partial charge is 0.506 e. The number of hydrogen-bond acceptors (Lipinski definition) is 5. The second kappa shape index (κ2) is 7.48. The molecule has 9 heteroatoms. The Morgan fingerprint density at radius 3 is 2.37 bits per heavy atom. The average molecular weight is 376 g/mol. The maximum absolute atomic E-state index is 13.9. The number of carbonyl (C=O) groups excluding carboxylic acids is 2. The molecule has 0 aromatic heterocycles. The smallest absolute Gasteiger partial charge is 0.313 e. The molecule has 1 aliphatic rings. The van der Waals surface area contributed by atoms with Gasteiger partial charge in [0.25, 0.3) is 0 Å². The quantitative estimate of drug-likeness (QED) is 0.420. The van der Waals surface area contributed by atoms with Crippen LogP contribution < -0.4 is 16.0 Å². The Bertz CT molecular complexity index is 883. The van der Waals surface area contributed by atoms with E-state index in [1.807, 2.05) is 0 Å². The molecule has 3 rings (SSSR count). The van der Waals surface area contributed by atoms with Crippen LogP contribution in [0.1, 0.15) is 0 Å². The van der Waals surface area contributed by atoms with Gasteiger partial charge in [-0.2, -0.15) is 0 Å². The Morgan fingerprint density at radius 1 is 1.04 bits per heavy atom. The van der Waals surface area contributed by atoms with E-state index in [1.54, 1.807) is 4.90 Å². The van der Waals surface area contributed by atoms with Gasteiger partial charge in [0.2, 0.25) is 0 Å². The van der Waals surface area contributed by atoms with Crippen molar-refractivity contribution in [2.45, 2.75) is 0 Å². The molecular weight excluding hydrogens is 358 g/mol. The number of phenolic OH excluding ortho intramolecular Hbond substituents is 1. The molecule has 1 fully saturated rings. The maximum Gasteiger partial charge on any atom is 0.313 e. The molecule has 0 saturated carbocycles. The van der Waals surface area contributed by atoms with Gasteiger partial charge in [-0.05, 0) is 24.3 Å². The summed E-state index contributed by atoms with van der Waals surface area (Å²) >= 11 is 0. The molecule has 0 unspecified atom stereocenters. The number of nitrogens with two attached hydrogens (primary N) is 1. The summed E-state index contributed by atoms with van der Waals surface area (Å²) in [5.41, 5.74) is 6.14. The standard InChI is InChI=1S/C18H18F2N4O3/c19-11-1-4-15(13(20)9-11)23-5-7-24(8-6-23)18(27)17(26)22-12-2-3-14(21)16(25)10-12/h1-4,9-10,25H,5-8,21H2,(H,22,26). The molecule has 2 aromatic rings. The Hall–Kier alpha value is -3.36. The minimum Gasteiger partial charge on any atom is -0.506 e. The predicted octanol–water partition coefficient (Wildman–Crippen LogP) is 1.54. The SMILES string of the molecule is Nc1ccc(NC(=O)C(=O)N2CCN(c3ccc(F)cc3F)CC2)cc1O. The van der Waals surface area contributed by atoms with Gasteiger partial charge in [-0.1, -0.05) is 0 Å². The lowest BCUT2D eigenvalue weighted by Crippen LogP contribution is -2.51. The van der Waals surface area contributed by atoms with E-state index in [-0.39, 0.29) is 35.9 Å². The highest BCUT2D eigenvalue weighted by molar-refractivity contribution is 6.39. The number of rotatable bonds is 2. The van der Waals surface area contributed by atoms with Crippen LogP contribution in [-0.4, -0.2) is 48.0 Å². The summed E-state index contributed by atoms with van der Waals surface area (Å²) in [7, 11) is 0. The fraction of sp³-hybridized carbons (Fsp3) is 0.222. The fourth-order valence-corrected chi connectivity index (χ4v) is 2.84. The summed E-state index contributed by atoms with van der Waals surface area (Å²) < 4.78 is 26.9. The first-order chi connectivity index (χ1) is 12.8. The number of aromatic hydroxyl groups is 1. The Kier molecular flexibility index (Phi) is 5.11. The highest BCUT2D eigenvalue weighted by atomic mass is 19.1. The molecule has 0 aliphatic carbocycles. The molecule has 0 radical (unpaired) electrons. The van der Waals surface area contributed by atoms with E-state index in [9.17, 15) is 23.5 Å². The second-order valence-corrected chi connectivity index (χ2v) is 6.10. The van der Waals surface area contributed by atoms with Gasteiger partial charge in [-0.25, -0.2) is 8.78 Å². The van der Waals surface area contributed by atoms with Crippen LogP contribution >= 0.6 is 0 Å². The van der Waals surface area contributed by atoms with Crippen molar-refractivity contribution in [2.24, 2.45) is 0 Å². The van der Waals surface area contributed by atoms with Gasteiger partial charge in [0.1, 0.15) is 17.4 Å². The maximum atomic E-state index is 13.9. The van der Waals surface area contributed by atoms with E-state index in [2.05, 4.69) is 5.32 Å². The van der Waals surface area contributed by atoms with Crippen molar-refractivity contribution in [1.82, 2.24) is 4.90 Å². The number of anilines is 3. The monoisotopic (exact) mass is 376 g/mol. The zero-order chi connectivity index (χ0) is 19.6. The Balaban J connectivity index is 1.59. The lowest BCUT2D eigenvalue weighted by Gasteiger charge is -2.35. The van der Waals surface area contributed by atoms with Crippen molar-refractivity contribution in [1.29, 1.82) is 0 Å². The number of amides is 2. The zero-order valence-electron chi connectivity index (χ0n) is 14.3. The van der Waals surface area contributed by atoms with Crippen LogP contribution in [-0.2, 0) is 9.59 Å². The van der Waals surface area contributed by atoms with Crippen LogP contribution in [0.2, 0.25) is 0 Å². The fourth-order valence-electron chi connectivity index (χ4n) is 2.84. The van der Waals surface area contributed by atoms with Crippen molar-refractivity contribution in [2.75, 3.05) is 42.1 Å². The van der Waals surface area contributed by atoms with Crippen molar-refractivity contribution >= 4 is 28.9 Å². The number of piperazine rings is 1. The molecule has 142 valence electrons. The van der Waals surface area contributed by atoms with E-state index in [0.29, 0.717) is 13.1 Å². The lowest BCUT2D eigenvalue weighted by atomic mass is 10.2. The van der Waals surface area contributed by atoms with E-state index >= 15 is 0 Å². The van der Waals surface area contributed by atoms with Gasteiger partial charge in [-0.15, -0.1) is 0 Å². The summed E-state index contributed by atoms with van der Waals surface area (Å²) in [6, 6.07) is 7.45. The molecule has 1 saturated heterocycles. The molecule has 27 heavy (non-hydrogen) atoms. The normalized spacial score (nSPS) is 14.1. The Morgan fingerprint density at radius 2 is 1.74 bits per heavy atom. The predicted molar refractivity (Wildman–Crippen MR) is 96.3 cm³/mol. The third-order valence-corrected chi connectivity index (χ3v) is 4.30. The number of hydrogen-bond donors (Lipinski definition) is 3. The topological polar surface area (TPSA) is 98.9 Å². The van der Waals surface area contributed by atoms with Crippen LogP contribution in [0, 0.1) is 11.6 Å². The molecule has 2 amide bonds. The zero-order valence-corrected chi connectivity index (χ0v) is 14.3. The van der Waals surface area contributed by atoms with Gasteiger partial charge in [0.05, 0.1) is 11.4 Å². The van der Waals surface area contributed by atoms with Crippen LogP contribution in [0.15, 0.2) is 36.4 Å². The molecule has 0 spiro atoms. The summed E-state index contributed by atoms with van der Waals surface area (Å²) in [6.07, 6.45) is 0. The first kappa shape index (κ1) is 18.4. The summed E-state index contributed by atoms with van der Waals surface area (Å²) in [6.45, 7) is 1.06. The number of nitrogens with zero attached hydrogens (tertiary/aromatic N) is 2. The third-order valence-electron chi connectivity index (χ3n) is 4.30. The van der Waals surface area contributed by atoms with Crippen molar-refractivity contribution in [3.8, 4) is 5.75 Å². The highest BCUT2D eigenvalue weighted by Gasteiger charge is 2.27. The van der Waals surface area contributed by atoms with E-state index in [1.165, 1.54) is 35.2 Å². The average Bonchev–Trinajstić information content (AvgIpc) is 2.64. The molecule has 1 heterocycles. The summed E-state index contributed by atoms with van der Waals surface area (Å²) in [4.78, 5) is 27.5. The van der Waals surface area contributed by atoms with Crippen LogP contribution in [0.5, 0.6) is 5.75 Å². The van der Waals surface area contributed by atoms with Crippen molar-refractivity contribution in [3.63, 3.8) is 0 Å². The highest BCUT2D eigenvalue weighted by Crippen LogP contribution is 2.24. The van der Waals surface area contributed by atoms with E-state index in [4.69, 9.17) is 5.73 Å². The van der Waals surface area contributed by atoms with Crippen LogP contribution in [0.3, 0.4) is 0 Å². The minimum atomic E-state index is -0.847. The van der Waals surface area contributed by atoms with Gasteiger partial charge >= 0.3 is 11.8 Å². The first-order valence-electron chi connectivity index (χ1n) is 8.24. The Labute approximate surface area is 154 Å². The third kappa shape index (κ3) is 4.08. The number of phenols is 1. The van der Waals surface area contributed by atoms with Gasteiger partial charge in [0, 0.05) is 44.0 Å². The van der Waals surface area contributed by atoms with Crippen molar-refractivity contribution in [3.05, 3.63) is 48.0 Å². The van der Waals surface area contributed by atoms with E-state index < -0.39 is 23.4 Å². The van der Waals surface area contributed by atoms with E-state index in [0.717, 1.165) is 6.07 Å². The molecular formula is C18H18F2N4O3. The van der Waals surface area contributed by atoms with Crippen LogP contribution in [0.25, 0.3) is 0 Å². The number of benzene rings is 2. The first-order valence-corrected chi connectivity index (χ1v) is 8.24. The minimum absolute atomic E-state index is 0.156. The molecule has 0 atom stereocenters. The summed E-state index contributed by atoms with van der Waals surface area (Å²) in [5.74, 6) is -3.10. The van der Waals surface area contributed by atoms with Crippen molar-refractivity contribution < 1.29 is 23.5 Å². The molecule has 2 aromatic carbocycles. The second-order valence-electron chi connectivity index (χ2n) is 6.10. The molecule has 1 aliphatic heterocycles. The number of nitrogen functional groups attached to an aromatic ring is 1. The molecule has 4 N–H and O–H groups in total. The molecule has 0 bridgehead atoms.